The van der Waals surface area contributed by atoms with Crippen molar-refractivity contribution in [2.45, 2.75) is 33.1 Å². The number of primary amides is 1. The van der Waals surface area contributed by atoms with Crippen LogP contribution in [0.25, 0.3) is 0 Å². The fraction of sp³-hybridized carbons (Fsp3) is 0.500. The molecule has 114 valence electrons. The number of carbonyl (C=O) groups is 2. The molecule has 0 spiro atoms. The Morgan fingerprint density at radius 2 is 1.95 bits per heavy atom. The molecule has 1 heterocycles. The highest BCUT2D eigenvalue weighted by molar-refractivity contribution is 5.94. The smallest absolute Gasteiger partial charge is 0.309 e. The quantitative estimate of drug-likeness (QED) is 0.890. The first-order chi connectivity index (χ1) is 9.89. The summed E-state index contributed by atoms with van der Waals surface area (Å²) in [4.78, 5) is 24.9. The first kappa shape index (κ1) is 15.4. The number of rotatable bonds is 4. The zero-order valence-electron chi connectivity index (χ0n) is 12.6. The van der Waals surface area contributed by atoms with E-state index < -0.39 is 17.3 Å². The number of piperidine rings is 1. The summed E-state index contributed by atoms with van der Waals surface area (Å²) in [6.45, 7) is 5.24. The van der Waals surface area contributed by atoms with Crippen LogP contribution in [0, 0.1) is 12.3 Å². The number of amides is 1. The van der Waals surface area contributed by atoms with Crippen LogP contribution in [0.3, 0.4) is 0 Å². The largest absolute Gasteiger partial charge is 0.481 e. The van der Waals surface area contributed by atoms with Crippen molar-refractivity contribution in [3.63, 3.8) is 0 Å². The van der Waals surface area contributed by atoms with E-state index >= 15 is 0 Å². The van der Waals surface area contributed by atoms with Gasteiger partial charge in [0.2, 0.25) is 5.91 Å². The topological polar surface area (TPSA) is 83.6 Å². The van der Waals surface area contributed by atoms with E-state index in [4.69, 9.17) is 5.73 Å². The van der Waals surface area contributed by atoms with Gasteiger partial charge in [0.05, 0.1) is 5.41 Å². The second kappa shape index (κ2) is 5.76. The highest BCUT2D eigenvalue weighted by Gasteiger charge is 2.39. The molecule has 0 aliphatic carbocycles. The molecule has 1 amide bonds. The molecule has 5 heteroatoms. The molecule has 1 aliphatic heterocycles. The summed E-state index contributed by atoms with van der Waals surface area (Å²) >= 11 is 0. The van der Waals surface area contributed by atoms with Crippen molar-refractivity contribution in [2.75, 3.05) is 18.0 Å². The van der Waals surface area contributed by atoms with Crippen molar-refractivity contribution in [3.05, 3.63) is 29.3 Å². The maximum absolute atomic E-state index is 11.5. The predicted molar refractivity (Wildman–Crippen MR) is 81.5 cm³/mol. The van der Waals surface area contributed by atoms with E-state index in [2.05, 4.69) is 4.90 Å². The van der Waals surface area contributed by atoms with Crippen molar-refractivity contribution < 1.29 is 14.7 Å². The number of aliphatic carboxylic acids is 1. The van der Waals surface area contributed by atoms with Gasteiger partial charge in [-0.1, -0.05) is 6.92 Å². The number of hydrogen-bond acceptors (Lipinski definition) is 3. The Balaban J connectivity index is 2.14. The number of carboxylic acid groups (broad SMARTS) is 1. The Hall–Kier alpha value is -2.04. The lowest BCUT2D eigenvalue weighted by Gasteiger charge is -2.39. The van der Waals surface area contributed by atoms with Gasteiger partial charge >= 0.3 is 5.97 Å². The van der Waals surface area contributed by atoms with Gasteiger partial charge in [-0.2, -0.15) is 0 Å². The molecule has 1 aromatic rings. The number of carboxylic acids is 1. The van der Waals surface area contributed by atoms with Crippen molar-refractivity contribution in [1.29, 1.82) is 0 Å². The van der Waals surface area contributed by atoms with E-state index in [1.54, 1.807) is 6.07 Å². The highest BCUT2D eigenvalue weighted by Crippen LogP contribution is 2.36. The molecule has 1 aromatic carbocycles. The van der Waals surface area contributed by atoms with E-state index in [0.717, 1.165) is 24.3 Å². The van der Waals surface area contributed by atoms with Crippen LogP contribution in [0.4, 0.5) is 5.69 Å². The second-order valence-corrected chi connectivity index (χ2v) is 5.79. The molecule has 0 unspecified atom stereocenters. The third-order valence-electron chi connectivity index (χ3n) is 4.69. The van der Waals surface area contributed by atoms with Crippen molar-refractivity contribution in [1.82, 2.24) is 0 Å². The van der Waals surface area contributed by atoms with Crippen LogP contribution in [0.2, 0.25) is 0 Å². The van der Waals surface area contributed by atoms with E-state index in [9.17, 15) is 14.7 Å². The second-order valence-electron chi connectivity index (χ2n) is 5.79. The number of benzene rings is 1. The molecule has 0 radical (unpaired) electrons. The number of nitrogens with two attached hydrogens (primary N) is 1. The summed E-state index contributed by atoms with van der Waals surface area (Å²) in [5.74, 6) is -1.11. The third-order valence-corrected chi connectivity index (χ3v) is 4.69. The maximum atomic E-state index is 11.5. The fourth-order valence-corrected chi connectivity index (χ4v) is 3.03. The van der Waals surface area contributed by atoms with Crippen molar-refractivity contribution >= 4 is 17.6 Å². The van der Waals surface area contributed by atoms with Crippen LogP contribution in [-0.2, 0) is 4.79 Å². The van der Waals surface area contributed by atoms with Crippen LogP contribution in [-0.4, -0.2) is 30.1 Å². The SMILES string of the molecule is CCC1(C(=O)O)CCN(c2ccc(C(N)=O)c(C)c2)CC1. The zero-order chi connectivity index (χ0) is 15.6. The molecule has 1 aliphatic rings. The number of aryl methyl sites for hydroxylation is 1. The zero-order valence-corrected chi connectivity index (χ0v) is 12.6. The molecule has 0 atom stereocenters. The average Bonchev–Trinajstić information content (AvgIpc) is 2.46. The van der Waals surface area contributed by atoms with E-state index in [-0.39, 0.29) is 0 Å². The monoisotopic (exact) mass is 290 g/mol. The van der Waals surface area contributed by atoms with Crippen LogP contribution >= 0.6 is 0 Å². The lowest BCUT2D eigenvalue weighted by Crippen LogP contribution is -2.44. The van der Waals surface area contributed by atoms with E-state index in [0.29, 0.717) is 24.8 Å². The van der Waals surface area contributed by atoms with Crippen LogP contribution in [0.1, 0.15) is 42.1 Å². The molecular weight excluding hydrogens is 268 g/mol. The van der Waals surface area contributed by atoms with Crippen LogP contribution in [0.15, 0.2) is 18.2 Å². The lowest BCUT2D eigenvalue weighted by molar-refractivity contribution is -0.150. The standard InChI is InChI=1S/C16H22N2O3/c1-3-16(15(20)21)6-8-18(9-7-16)12-4-5-13(14(17)19)11(2)10-12/h4-5,10H,3,6-9H2,1-2H3,(H2,17,19)(H,20,21). The fourth-order valence-electron chi connectivity index (χ4n) is 3.03. The third kappa shape index (κ3) is 2.86. The molecule has 5 nitrogen and oxygen atoms in total. The van der Waals surface area contributed by atoms with Gasteiger partial charge < -0.3 is 15.7 Å². The number of anilines is 1. The minimum absolute atomic E-state index is 0.423. The van der Waals surface area contributed by atoms with Gasteiger partial charge in [0, 0.05) is 24.3 Å². The molecule has 0 bridgehead atoms. The molecule has 1 fully saturated rings. The van der Waals surface area contributed by atoms with Gasteiger partial charge in [-0.15, -0.1) is 0 Å². The van der Waals surface area contributed by atoms with Crippen molar-refractivity contribution in [2.24, 2.45) is 11.1 Å². The predicted octanol–water partition coefficient (Wildman–Crippen LogP) is 2.18. The first-order valence-electron chi connectivity index (χ1n) is 7.28. The summed E-state index contributed by atoms with van der Waals surface area (Å²) in [5.41, 5.74) is 7.13. The molecule has 0 saturated carbocycles. The van der Waals surface area contributed by atoms with Gasteiger partial charge in [-0.3, -0.25) is 9.59 Å². The summed E-state index contributed by atoms with van der Waals surface area (Å²) in [7, 11) is 0. The average molecular weight is 290 g/mol. The Labute approximate surface area is 124 Å². The summed E-state index contributed by atoms with van der Waals surface area (Å²) in [6.07, 6.45) is 1.96. The molecule has 3 N–H and O–H groups in total. The Bertz CT molecular complexity index is 561. The van der Waals surface area contributed by atoms with Crippen LogP contribution < -0.4 is 10.6 Å². The van der Waals surface area contributed by atoms with Gasteiger partial charge in [-0.25, -0.2) is 0 Å². The molecule has 21 heavy (non-hydrogen) atoms. The summed E-state index contributed by atoms with van der Waals surface area (Å²) in [6, 6.07) is 5.57. The number of nitrogens with zero attached hydrogens (tertiary/aromatic N) is 1. The number of carbonyl (C=O) groups excluding carboxylic acids is 1. The minimum Gasteiger partial charge on any atom is -0.481 e. The molecular formula is C16H22N2O3. The molecule has 0 aromatic heterocycles. The summed E-state index contributed by atoms with van der Waals surface area (Å²) in [5, 5.41) is 9.42. The van der Waals surface area contributed by atoms with Crippen LogP contribution in [0.5, 0.6) is 0 Å². The first-order valence-corrected chi connectivity index (χ1v) is 7.28. The number of hydrogen-bond donors (Lipinski definition) is 2. The lowest BCUT2D eigenvalue weighted by atomic mass is 9.76. The highest BCUT2D eigenvalue weighted by atomic mass is 16.4. The Morgan fingerprint density at radius 3 is 2.38 bits per heavy atom. The van der Waals surface area contributed by atoms with Gasteiger partial charge in [0.15, 0.2) is 0 Å². The van der Waals surface area contributed by atoms with Gasteiger partial charge in [-0.05, 0) is 49.9 Å². The minimum atomic E-state index is -0.690. The van der Waals surface area contributed by atoms with Gasteiger partial charge in [0.1, 0.15) is 0 Å². The van der Waals surface area contributed by atoms with E-state index in [1.165, 1.54) is 0 Å². The maximum Gasteiger partial charge on any atom is 0.309 e. The normalized spacial score (nSPS) is 17.5. The molecule has 2 rings (SSSR count). The van der Waals surface area contributed by atoms with Gasteiger partial charge in [0.25, 0.3) is 0 Å². The van der Waals surface area contributed by atoms with Crippen molar-refractivity contribution in [3.8, 4) is 0 Å². The Kier molecular flexibility index (Phi) is 4.21. The molecule has 1 saturated heterocycles. The Morgan fingerprint density at radius 1 is 1.33 bits per heavy atom. The van der Waals surface area contributed by atoms with E-state index in [1.807, 2.05) is 26.0 Å². The summed E-state index contributed by atoms with van der Waals surface area (Å²) < 4.78 is 0.